The first-order chi connectivity index (χ1) is 8.40. The second kappa shape index (κ2) is 4.57. The maximum Gasteiger partial charge on any atom is 0.234 e. The van der Waals surface area contributed by atoms with Crippen LogP contribution in [0.15, 0.2) is 12.1 Å². The van der Waals surface area contributed by atoms with Gasteiger partial charge in [-0.25, -0.2) is 9.29 Å². The Hall–Kier alpha value is -1.62. The van der Waals surface area contributed by atoms with E-state index < -0.39 is 17.6 Å². The summed E-state index contributed by atoms with van der Waals surface area (Å²) in [6.45, 7) is 1.78. The van der Waals surface area contributed by atoms with E-state index in [4.69, 9.17) is 11.6 Å². The molecule has 1 fully saturated rings. The van der Waals surface area contributed by atoms with Crippen molar-refractivity contribution in [3.63, 3.8) is 0 Å². The molecule has 18 heavy (non-hydrogen) atoms. The Bertz CT molecular complexity index is 514. The van der Waals surface area contributed by atoms with Crippen LogP contribution in [0.25, 0.3) is 0 Å². The molecule has 2 rings (SSSR count). The van der Waals surface area contributed by atoms with Crippen LogP contribution in [0.5, 0.6) is 5.75 Å². The molecular formula is C12H11ClFNO3. The predicted molar refractivity (Wildman–Crippen MR) is 64.0 cm³/mol. The number of amides is 2. The number of anilines is 1. The Balaban J connectivity index is 2.45. The van der Waals surface area contributed by atoms with Gasteiger partial charge in [-0.1, -0.05) is 18.5 Å². The van der Waals surface area contributed by atoms with E-state index in [0.717, 1.165) is 17.0 Å². The lowest BCUT2D eigenvalue weighted by Gasteiger charge is -2.28. The molecule has 0 bridgehead atoms. The first kappa shape index (κ1) is 12.8. The van der Waals surface area contributed by atoms with Gasteiger partial charge in [-0.3, -0.25) is 9.59 Å². The number of phenolic OH excluding ortho intramolecular Hbond substituents is 1. The smallest absolute Gasteiger partial charge is 0.234 e. The van der Waals surface area contributed by atoms with E-state index in [-0.39, 0.29) is 35.2 Å². The standard InChI is InChI=1S/C12H11ClFNO3/c1-6-2-11(17)15(12(18)3-6)9-5-10(16)7(13)4-8(9)14/h4-6,16H,2-3H2,1H3. The summed E-state index contributed by atoms with van der Waals surface area (Å²) in [5.74, 6) is -2.18. The van der Waals surface area contributed by atoms with Gasteiger partial charge >= 0.3 is 0 Å². The van der Waals surface area contributed by atoms with Crippen molar-refractivity contribution in [3.05, 3.63) is 23.0 Å². The summed E-state index contributed by atoms with van der Waals surface area (Å²) in [4.78, 5) is 24.3. The summed E-state index contributed by atoms with van der Waals surface area (Å²) >= 11 is 5.54. The molecule has 0 saturated carbocycles. The molecule has 1 aromatic rings. The van der Waals surface area contributed by atoms with Crippen molar-refractivity contribution in [1.82, 2.24) is 0 Å². The van der Waals surface area contributed by atoms with Crippen molar-refractivity contribution >= 4 is 29.1 Å². The van der Waals surface area contributed by atoms with Crippen molar-refractivity contribution < 1.29 is 19.1 Å². The number of phenols is 1. The molecule has 0 unspecified atom stereocenters. The van der Waals surface area contributed by atoms with Gasteiger partial charge in [0.15, 0.2) is 0 Å². The number of nitrogens with zero attached hydrogens (tertiary/aromatic N) is 1. The number of rotatable bonds is 1. The number of hydrogen-bond acceptors (Lipinski definition) is 3. The normalized spacial score (nSPS) is 17.4. The van der Waals surface area contributed by atoms with Crippen LogP contribution in [0.2, 0.25) is 5.02 Å². The van der Waals surface area contributed by atoms with Crippen molar-refractivity contribution in [2.45, 2.75) is 19.8 Å². The zero-order chi connectivity index (χ0) is 13.4. The average molecular weight is 272 g/mol. The first-order valence-electron chi connectivity index (χ1n) is 5.44. The van der Waals surface area contributed by atoms with Gasteiger partial charge in [0.1, 0.15) is 11.6 Å². The van der Waals surface area contributed by atoms with Crippen LogP contribution in [-0.4, -0.2) is 16.9 Å². The summed E-state index contributed by atoms with van der Waals surface area (Å²) < 4.78 is 13.7. The number of carbonyl (C=O) groups excluding carboxylic acids is 2. The van der Waals surface area contributed by atoms with E-state index in [0.29, 0.717) is 0 Å². The van der Waals surface area contributed by atoms with E-state index in [1.54, 1.807) is 6.92 Å². The third-order valence-corrected chi connectivity index (χ3v) is 3.10. The topological polar surface area (TPSA) is 57.6 Å². The highest BCUT2D eigenvalue weighted by atomic mass is 35.5. The van der Waals surface area contributed by atoms with Crippen LogP contribution < -0.4 is 4.90 Å². The Kier molecular flexibility index (Phi) is 3.26. The Morgan fingerprint density at radius 3 is 2.44 bits per heavy atom. The van der Waals surface area contributed by atoms with Gasteiger partial charge in [0.05, 0.1) is 10.7 Å². The molecule has 1 aliphatic rings. The lowest BCUT2D eigenvalue weighted by atomic mass is 9.97. The van der Waals surface area contributed by atoms with Gasteiger partial charge in [0.2, 0.25) is 11.8 Å². The van der Waals surface area contributed by atoms with Gasteiger partial charge in [0.25, 0.3) is 0 Å². The second-order valence-corrected chi connectivity index (χ2v) is 4.80. The minimum Gasteiger partial charge on any atom is -0.506 e. The van der Waals surface area contributed by atoms with Crippen molar-refractivity contribution in [1.29, 1.82) is 0 Å². The second-order valence-electron chi connectivity index (χ2n) is 4.39. The molecule has 96 valence electrons. The molecule has 1 heterocycles. The van der Waals surface area contributed by atoms with E-state index in [2.05, 4.69) is 0 Å². The van der Waals surface area contributed by atoms with E-state index in [1.807, 2.05) is 0 Å². The molecule has 4 nitrogen and oxygen atoms in total. The number of imide groups is 1. The molecule has 2 amide bonds. The van der Waals surface area contributed by atoms with Gasteiger partial charge in [-0.15, -0.1) is 0 Å². The number of carbonyl (C=O) groups is 2. The molecule has 0 atom stereocenters. The molecule has 1 N–H and O–H groups in total. The molecule has 0 spiro atoms. The van der Waals surface area contributed by atoms with Crippen LogP contribution in [0.4, 0.5) is 10.1 Å². The van der Waals surface area contributed by atoms with E-state index in [9.17, 15) is 19.1 Å². The first-order valence-corrected chi connectivity index (χ1v) is 5.81. The third kappa shape index (κ3) is 2.18. The Morgan fingerprint density at radius 2 is 1.89 bits per heavy atom. The molecule has 0 aliphatic carbocycles. The number of benzene rings is 1. The third-order valence-electron chi connectivity index (χ3n) is 2.80. The fourth-order valence-electron chi connectivity index (χ4n) is 1.96. The van der Waals surface area contributed by atoms with Gasteiger partial charge in [-0.05, 0) is 12.0 Å². The quantitative estimate of drug-likeness (QED) is 0.798. The summed E-state index contributed by atoms with van der Waals surface area (Å²) in [5.41, 5.74) is -0.251. The minimum absolute atomic E-state index is 0.0507. The monoisotopic (exact) mass is 271 g/mol. The molecule has 1 aromatic carbocycles. The highest BCUT2D eigenvalue weighted by Gasteiger charge is 2.33. The molecule has 1 aliphatic heterocycles. The van der Waals surface area contributed by atoms with E-state index in [1.165, 1.54) is 0 Å². The van der Waals surface area contributed by atoms with Crippen molar-refractivity contribution in [3.8, 4) is 5.75 Å². The van der Waals surface area contributed by atoms with Crippen LogP contribution in [0.3, 0.4) is 0 Å². The predicted octanol–water partition coefficient (Wildman–Crippen LogP) is 2.47. The SMILES string of the molecule is CC1CC(=O)N(c2cc(O)c(Cl)cc2F)C(=O)C1. The summed E-state index contributed by atoms with van der Waals surface area (Å²) in [7, 11) is 0. The Labute approximate surface area is 108 Å². The zero-order valence-corrected chi connectivity index (χ0v) is 10.4. The minimum atomic E-state index is -0.811. The largest absolute Gasteiger partial charge is 0.506 e. The van der Waals surface area contributed by atoms with Crippen LogP contribution >= 0.6 is 11.6 Å². The number of halogens is 2. The molecule has 1 saturated heterocycles. The molecule has 6 heteroatoms. The van der Waals surface area contributed by atoms with Crippen molar-refractivity contribution in [2.24, 2.45) is 5.92 Å². The summed E-state index contributed by atoms with van der Waals surface area (Å²) in [6, 6.07) is 1.87. The van der Waals surface area contributed by atoms with Gasteiger partial charge in [0, 0.05) is 18.9 Å². The number of hydrogen-bond donors (Lipinski definition) is 1. The maximum atomic E-state index is 13.7. The van der Waals surface area contributed by atoms with Crippen LogP contribution in [-0.2, 0) is 9.59 Å². The molecule has 0 radical (unpaired) electrons. The molecule has 0 aromatic heterocycles. The summed E-state index contributed by atoms with van der Waals surface area (Å²) in [5, 5.41) is 9.27. The zero-order valence-electron chi connectivity index (χ0n) is 9.61. The Morgan fingerprint density at radius 1 is 1.33 bits per heavy atom. The van der Waals surface area contributed by atoms with Crippen LogP contribution in [0, 0.1) is 11.7 Å². The van der Waals surface area contributed by atoms with Gasteiger partial charge in [-0.2, -0.15) is 0 Å². The van der Waals surface area contributed by atoms with Crippen molar-refractivity contribution in [2.75, 3.05) is 4.90 Å². The summed E-state index contributed by atoms with van der Waals surface area (Å²) in [6.07, 6.45) is 0.350. The lowest BCUT2D eigenvalue weighted by molar-refractivity contribution is -0.130. The average Bonchev–Trinajstić information content (AvgIpc) is 2.24. The maximum absolute atomic E-state index is 13.7. The lowest BCUT2D eigenvalue weighted by Crippen LogP contribution is -2.43. The van der Waals surface area contributed by atoms with Crippen LogP contribution in [0.1, 0.15) is 19.8 Å². The number of piperidine rings is 1. The highest BCUT2D eigenvalue weighted by molar-refractivity contribution is 6.32. The molecular weight excluding hydrogens is 261 g/mol. The van der Waals surface area contributed by atoms with E-state index >= 15 is 0 Å². The fraction of sp³-hybridized carbons (Fsp3) is 0.333. The highest BCUT2D eigenvalue weighted by Crippen LogP contribution is 2.34. The number of aromatic hydroxyl groups is 1. The van der Waals surface area contributed by atoms with Gasteiger partial charge < -0.3 is 5.11 Å². The fourth-order valence-corrected chi connectivity index (χ4v) is 2.11.